The lowest BCUT2D eigenvalue weighted by atomic mass is 9.98. The van der Waals surface area contributed by atoms with E-state index < -0.39 is 15.1 Å². The monoisotopic (exact) mass is 287 g/mol. The number of rotatable bonds is 2. The molecule has 2 atom stereocenters. The van der Waals surface area contributed by atoms with E-state index in [9.17, 15) is 8.42 Å². The molecule has 0 radical (unpaired) electrons. The lowest BCUT2D eigenvalue weighted by molar-refractivity contribution is 0.560. The number of hydrogen-bond acceptors (Lipinski definition) is 3. The van der Waals surface area contributed by atoms with Crippen molar-refractivity contribution in [3.8, 4) is 0 Å². The van der Waals surface area contributed by atoms with E-state index in [2.05, 4.69) is 5.32 Å². The Kier molecular flexibility index (Phi) is 3.26. The van der Waals surface area contributed by atoms with Gasteiger partial charge in [-0.15, -0.1) is 0 Å². The van der Waals surface area contributed by atoms with Crippen molar-refractivity contribution in [2.24, 2.45) is 0 Å². The predicted octanol–water partition coefficient (Wildman–Crippen LogP) is 3.41. The molecule has 0 fully saturated rings. The van der Waals surface area contributed by atoms with Gasteiger partial charge in [0.05, 0.1) is 10.1 Å². The topological polar surface area (TPSA) is 46.2 Å². The van der Waals surface area contributed by atoms with Crippen molar-refractivity contribution in [3.05, 3.63) is 60.2 Å². The maximum Gasteiger partial charge on any atom is 0.185 e. The van der Waals surface area contributed by atoms with Crippen LogP contribution in [0.3, 0.4) is 0 Å². The van der Waals surface area contributed by atoms with Gasteiger partial charge in [0.2, 0.25) is 0 Å². The summed E-state index contributed by atoms with van der Waals surface area (Å²) < 4.78 is 25.7. The molecular formula is C16H17NO2S. The first-order chi connectivity index (χ1) is 9.59. The van der Waals surface area contributed by atoms with E-state index in [0.29, 0.717) is 11.3 Å². The van der Waals surface area contributed by atoms with E-state index in [4.69, 9.17) is 0 Å². The quantitative estimate of drug-likeness (QED) is 0.920. The van der Waals surface area contributed by atoms with Crippen molar-refractivity contribution in [2.75, 3.05) is 5.32 Å². The second kappa shape index (κ2) is 4.94. The van der Waals surface area contributed by atoms with Crippen LogP contribution < -0.4 is 5.32 Å². The summed E-state index contributed by atoms with van der Waals surface area (Å²) in [5, 5.41) is 2.87. The Labute approximate surface area is 119 Å². The molecule has 0 amide bonds. The summed E-state index contributed by atoms with van der Waals surface area (Å²) in [5.41, 5.74) is 1.80. The molecule has 4 heteroatoms. The van der Waals surface area contributed by atoms with Crippen LogP contribution in [0.1, 0.15) is 24.2 Å². The van der Waals surface area contributed by atoms with Gasteiger partial charge in [-0.25, -0.2) is 8.42 Å². The first-order valence-electron chi connectivity index (χ1n) is 6.73. The van der Waals surface area contributed by atoms with Crippen molar-refractivity contribution in [3.63, 3.8) is 0 Å². The van der Waals surface area contributed by atoms with Gasteiger partial charge in [-0.2, -0.15) is 0 Å². The SMILES string of the molecule is CC1CC(S(=O)(=O)c2ccccc2)c2ccccc2N1. The first-order valence-corrected chi connectivity index (χ1v) is 8.28. The Hall–Kier alpha value is -1.81. The fourth-order valence-corrected chi connectivity index (χ4v) is 4.70. The predicted molar refractivity (Wildman–Crippen MR) is 80.5 cm³/mol. The summed E-state index contributed by atoms with van der Waals surface area (Å²) in [6.45, 7) is 2.02. The van der Waals surface area contributed by atoms with Crippen molar-refractivity contribution >= 4 is 15.5 Å². The number of fused-ring (bicyclic) bond motifs is 1. The van der Waals surface area contributed by atoms with Crippen LogP contribution in [0.15, 0.2) is 59.5 Å². The van der Waals surface area contributed by atoms with Gasteiger partial charge < -0.3 is 5.32 Å². The maximum absolute atomic E-state index is 12.9. The van der Waals surface area contributed by atoms with E-state index in [1.54, 1.807) is 24.3 Å². The highest BCUT2D eigenvalue weighted by Crippen LogP contribution is 2.40. The number of hydrogen-bond donors (Lipinski definition) is 1. The van der Waals surface area contributed by atoms with Crippen LogP contribution in [0, 0.1) is 0 Å². The molecule has 0 spiro atoms. The van der Waals surface area contributed by atoms with Gasteiger partial charge in [0.1, 0.15) is 0 Å². The summed E-state index contributed by atoms with van der Waals surface area (Å²) in [4.78, 5) is 0.397. The molecule has 3 nitrogen and oxygen atoms in total. The summed E-state index contributed by atoms with van der Waals surface area (Å²) in [6, 6.07) is 16.5. The molecule has 20 heavy (non-hydrogen) atoms. The van der Waals surface area contributed by atoms with E-state index in [0.717, 1.165) is 11.3 Å². The van der Waals surface area contributed by atoms with E-state index >= 15 is 0 Å². The van der Waals surface area contributed by atoms with Crippen LogP contribution in [0.4, 0.5) is 5.69 Å². The third-order valence-corrected chi connectivity index (χ3v) is 5.85. The largest absolute Gasteiger partial charge is 0.382 e. The molecule has 0 aliphatic carbocycles. The second-order valence-corrected chi connectivity index (χ2v) is 7.35. The molecule has 1 aliphatic rings. The highest BCUT2D eigenvalue weighted by atomic mass is 32.2. The smallest absolute Gasteiger partial charge is 0.185 e. The molecular weight excluding hydrogens is 270 g/mol. The molecule has 2 aromatic carbocycles. The average molecular weight is 287 g/mol. The average Bonchev–Trinajstić information content (AvgIpc) is 2.47. The van der Waals surface area contributed by atoms with Gasteiger partial charge in [-0.05, 0) is 37.1 Å². The van der Waals surface area contributed by atoms with Crippen molar-refractivity contribution in [2.45, 2.75) is 29.5 Å². The molecule has 0 aromatic heterocycles. The standard InChI is InChI=1S/C16H17NO2S/c1-12-11-16(14-9-5-6-10-15(14)17-12)20(18,19)13-7-3-2-4-8-13/h2-10,12,16-17H,11H2,1H3. The zero-order valence-electron chi connectivity index (χ0n) is 11.3. The molecule has 3 rings (SSSR count). The molecule has 2 aromatic rings. The molecule has 1 N–H and O–H groups in total. The third kappa shape index (κ3) is 2.20. The van der Waals surface area contributed by atoms with Crippen LogP contribution >= 0.6 is 0 Å². The maximum atomic E-state index is 12.9. The molecule has 0 saturated heterocycles. The van der Waals surface area contributed by atoms with Crippen LogP contribution in [-0.2, 0) is 9.84 Å². The number of sulfone groups is 1. The molecule has 1 aliphatic heterocycles. The number of para-hydroxylation sites is 1. The molecule has 2 unspecified atom stereocenters. The second-order valence-electron chi connectivity index (χ2n) is 5.22. The zero-order valence-corrected chi connectivity index (χ0v) is 12.1. The minimum atomic E-state index is -3.35. The van der Waals surface area contributed by atoms with Crippen molar-refractivity contribution in [1.82, 2.24) is 0 Å². The Morgan fingerprint density at radius 3 is 2.40 bits per heavy atom. The number of anilines is 1. The van der Waals surface area contributed by atoms with Gasteiger partial charge in [0.15, 0.2) is 9.84 Å². The van der Waals surface area contributed by atoms with Crippen LogP contribution in [0.2, 0.25) is 0 Å². The van der Waals surface area contributed by atoms with Gasteiger partial charge in [0, 0.05) is 11.7 Å². The minimum Gasteiger partial charge on any atom is -0.382 e. The normalized spacial score (nSPS) is 21.9. The summed E-state index contributed by atoms with van der Waals surface area (Å²) in [6.07, 6.45) is 0.592. The van der Waals surface area contributed by atoms with Crippen LogP contribution in [0.5, 0.6) is 0 Å². The summed E-state index contributed by atoms with van der Waals surface area (Å²) in [5.74, 6) is 0. The Balaban J connectivity index is 2.11. The Bertz CT molecular complexity index is 710. The third-order valence-electron chi connectivity index (χ3n) is 3.72. The lowest BCUT2D eigenvalue weighted by Crippen LogP contribution is -2.29. The Morgan fingerprint density at radius 1 is 1.00 bits per heavy atom. The van der Waals surface area contributed by atoms with Gasteiger partial charge in [0.25, 0.3) is 0 Å². The zero-order chi connectivity index (χ0) is 14.2. The summed E-state index contributed by atoms with van der Waals surface area (Å²) >= 11 is 0. The molecule has 104 valence electrons. The van der Waals surface area contributed by atoms with Crippen LogP contribution in [0.25, 0.3) is 0 Å². The van der Waals surface area contributed by atoms with Crippen molar-refractivity contribution in [1.29, 1.82) is 0 Å². The van der Waals surface area contributed by atoms with Gasteiger partial charge in [-0.3, -0.25) is 0 Å². The highest BCUT2D eigenvalue weighted by molar-refractivity contribution is 7.91. The van der Waals surface area contributed by atoms with Gasteiger partial charge in [-0.1, -0.05) is 36.4 Å². The highest BCUT2D eigenvalue weighted by Gasteiger charge is 2.34. The fraction of sp³-hybridized carbons (Fsp3) is 0.250. The lowest BCUT2D eigenvalue weighted by Gasteiger charge is -2.31. The summed E-state index contributed by atoms with van der Waals surface area (Å²) in [7, 11) is -3.35. The molecule has 0 saturated carbocycles. The van der Waals surface area contributed by atoms with E-state index in [-0.39, 0.29) is 6.04 Å². The fourth-order valence-electron chi connectivity index (χ4n) is 2.75. The molecule has 1 heterocycles. The van der Waals surface area contributed by atoms with Crippen LogP contribution in [-0.4, -0.2) is 14.5 Å². The first kappa shape index (κ1) is 13.2. The van der Waals surface area contributed by atoms with E-state index in [1.807, 2.05) is 37.3 Å². The van der Waals surface area contributed by atoms with Gasteiger partial charge >= 0.3 is 0 Å². The number of nitrogens with one attached hydrogen (secondary N) is 1. The number of benzene rings is 2. The van der Waals surface area contributed by atoms with E-state index in [1.165, 1.54) is 0 Å². The minimum absolute atomic E-state index is 0.147. The Morgan fingerprint density at radius 2 is 1.65 bits per heavy atom. The molecule has 0 bridgehead atoms. The van der Waals surface area contributed by atoms with Crippen molar-refractivity contribution < 1.29 is 8.42 Å².